The molecule has 0 rings (SSSR count). The molecule has 440 valence electrons. The fourth-order valence-corrected chi connectivity index (χ4v) is 10.2. The van der Waals surface area contributed by atoms with Crippen molar-refractivity contribution < 1.29 is 24.5 Å². The fraction of sp³-hybridized carbons (Fsp3) is 0.855. The summed E-state index contributed by atoms with van der Waals surface area (Å²) in [5.74, 6) is -0.0661. The van der Waals surface area contributed by atoms with Gasteiger partial charge in [0.05, 0.1) is 25.4 Å². The van der Waals surface area contributed by atoms with Crippen LogP contribution in [-0.2, 0) is 14.3 Å². The first-order chi connectivity index (χ1) is 37.0. The number of allylic oxidation sites excluding steroid dienone is 7. The maximum Gasteiger partial charge on any atom is 0.305 e. The molecule has 2 unspecified atom stereocenters. The number of hydrogen-bond donors (Lipinski definition) is 3. The number of ether oxygens (including phenoxy) is 1. The lowest BCUT2D eigenvalue weighted by atomic mass is 10.0. The average molecular weight is 1050 g/mol. The van der Waals surface area contributed by atoms with Crippen LogP contribution in [-0.4, -0.2) is 47.4 Å². The van der Waals surface area contributed by atoms with Gasteiger partial charge in [-0.2, -0.15) is 0 Å². The summed E-state index contributed by atoms with van der Waals surface area (Å²) >= 11 is 0. The number of rotatable bonds is 62. The van der Waals surface area contributed by atoms with Crippen LogP contribution in [0.4, 0.5) is 0 Å². The Morgan fingerprint density at radius 3 is 1.08 bits per heavy atom. The summed E-state index contributed by atoms with van der Waals surface area (Å²) in [7, 11) is 0. The number of amides is 1. The van der Waals surface area contributed by atoms with Gasteiger partial charge in [0.25, 0.3) is 0 Å². The highest BCUT2D eigenvalue weighted by Gasteiger charge is 2.18. The molecule has 3 N–H and O–H groups in total. The van der Waals surface area contributed by atoms with Gasteiger partial charge in [0.1, 0.15) is 0 Å². The lowest BCUT2D eigenvalue weighted by Crippen LogP contribution is -2.45. The Morgan fingerprint density at radius 2 is 0.693 bits per heavy atom. The molecule has 0 fully saturated rings. The summed E-state index contributed by atoms with van der Waals surface area (Å²) < 4.78 is 5.47. The molecule has 0 aliphatic carbocycles. The minimum Gasteiger partial charge on any atom is -0.466 e. The van der Waals surface area contributed by atoms with E-state index in [0.29, 0.717) is 19.4 Å². The standard InChI is InChI=1S/C69H129NO5/c1-3-5-7-9-11-13-15-17-18-31-34-38-41-45-49-53-57-61-67(72)66(65-71)70-68(73)62-58-54-50-46-42-39-35-32-29-27-25-23-21-19-20-22-24-26-28-30-33-36-40-44-48-52-56-60-64-75-69(74)63-59-55-51-47-43-37-16-14-12-10-8-6-4-2/h8,10,14,16,19-20,57,61,66-67,71-72H,3-7,9,11-13,15,17-18,21-56,58-60,62-65H2,1-2H3,(H,70,73)/b10-8-,16-14-,20-19-,61-57+. The number of nitrogens with one attached hydrogen (secondary N) is 1. The molecule has 6 nitrogen and oxygen atoms in total. The van der Waals surface area contributed by atoms with E-state index in [1.54, 1.807) is 6.08 Å². The van der Waals surface area contributed by atoms with E-state index in [2.05, 4.69) is 55.6 Å². The quantitative estimate of drug-likeness (QED) is 0.0320. The van der Waals surface area contributed by atoms with E-state index in [4.69, 9.17) is 4.74 Å². The van der Waals surface area contributed by atoms with Crippen LogP contribution in [0.5, 0.6) is 0 Å². The molecule has 0 heterocycles. The van der Waals surface area contributed by atoms with Gasteiger partial charge in [-0.3, -0.25) is 9.59 Å². The summed E-state index contributed by atoms with van der Waals surface area (Å²) in [5.41, 5.74) is 0. The SMILES string of the molecule is CCC/C=C\C/C=C\CCCCCCCC(=O)OCCCCCCCCCCCCCC/C=C\CCCCCCCCCCCCCCC(=O)NC(CO)C(O)/C=C/CCCCCCCCCCCCCCCCC. The third kappa shape index (κ3) is 60.9. The average Bonchev–Trinajstić information content (AvgIpc) is 3.41. The summed E-state index contributed by atoms with van der Waals surface area (Å²) in [6.07, 6.45) is 83.2. The van der Waals surface area contributed by atoms with Gasteiger partial charge in [-0.1, -0.05) is 306 Å². The highest BCUT2D eigenvalue weighted by molar-refractivity contribution is 5.76. The lowest BCUT2D eigenvalue weighted by Gasteiger charge is -2.20. The molecule has 0 aromatic heterocycles. The van der Waals surface area contributed by atoms with Crippen LogP contribution in [0.3, 0.4) is 0 Å². The molecule has 0 saturated carbocycles. The van der Waals surface area contributed by atoms with Crippen LogP contribution in [0.25, 0.3) is 0 Å². The number of esters is 1. The van der Waals surface area contributed by atoms with Crippen molar-refractivity contribution in [2.45, 2.75) is 366 Å². The van der Waals surface area contributed by atoms with Gasteiger partial charge < -0.3 is 20.3 Å². The first-order valence-electron chi connectivity index (χ1n) is 33.4. The zero-order valence-corrected chi connectivity index (χ0v) is 50.3. The molecule has 1 amide bonds. The number of unbranched alkanes of at least 4 members (excludes halogenated alkanes) is 45. The van der Waals surface area contributed by atoms with E-state index in [9.17, 15) is 19.8 Å². The molecule has 0 aliphatic heterocycles. The van der Waals surface area contributed by atoms with E-state index >= 15 is 0 Å². The second kappa shape index (κ2) is 64.3. The Morgan fingerprint density at radius 1 is 0.373 bits per heavy atom. The Balaban J connectivity index is 3.41. The van der Waals surface area contributed by atoms with Gasteiger partial charge in [-0.25, -0.2) is 0 Å². The minimum absolute atomic E-state index is 0.0000655. The van der Waals surface area contributed by atoms with E-state index in [1.807, 2.05) is 6.08 Å². The smallest absolute Gasteiger partial charge is 0.305 e. The molecule has 6 heteroatoms. The molecule has 0 spiro atoms. The second-order valence-corrected chi connectivity index (χ2v) is 22.8. The van der Waals surface area contributed by atoms with Crippen molar-refractivity contribution in [3.05, 3.63) is 48.6 Å². The first-order valence-corrected chi connectivity index (χ1v) is 33.4. The number of aliphatic hydroxyl groups is 2. The zero-order chi connectivity index (χ0) is 54.3. The number of hydrogen-bond acceptors (Lipinski definition) is 5. The fourth-order valence-electron chi connectivity index (χ4n) is 10.2. The summed E-state index contributed by atoms with van der Waals surface area (Å²) in [6, 6.07) is -0.629. The number of carbonyl (C=O) groups excluding carboxylic acids is 2. The van der Waals surface area contributed by atoms with E-state index in [0.717, 1.165) is 51.4 Å². The monoisotopic (exact) mass is 1050 g/mol. The van der Waals surface area contributed by atoms with Gasteiger partial charge in [-0.05, 0) is 83.5 Å². The third-order valence-electron chi connectivity index (χ3n) is 15.3. The molecule has 0 aromatic carbocycles. The highest BCUT2D eigenvalue weighted by Crippen LogP contribution is 2.18. The normalized spacial score (nSPS) is 12.9. The molecule has 0 radical (unpaired) electrons. The molecule has 0 saturated heterocycles. The zero-order valence-electron chi connectivity index (χ0n) is 50.3. The molecule has 2 atom stereocenters. The van der Waals surface area contributed by atoms with Gasteiger partial charge >= 0.3 is 5.97 Å². The van der Waals surface area contributed by atoms with Crippen molar-refractivity contribution in [1.82, 2.24) is 5.32 Å². The van der Waals surface area contributed by atoms with Crippen molar-refractivity contribution in [2.24, 2.45) is 0 Å². The lowest BCUT2D eigenvalue weighted by molar-refractivity contribution is -0.143. The Bertz CT molecular complexity index is 1260. The molecular weight excluding hydrogens is 923 g/mol. The highest BCUT2D eigenvalue weighted by atomic mass is 16.5. The van der Waals surface area contributed by atoms with Gasteiger partial charge in [0.2, 0.25) is 5.91 Å². The molecule has 0 aromatic rings. The first kappa shape index (κ1) is 72.8. The molecule has 0 bridgehead atoms. The summed E-state index contributed by atoms with van der Waals surface area (Å²) in [4.78, 5) is 24.5. The third-order valence-corrected chi connectivity index (χ3v) is 15.3. The maximum absolute atomic E-state index is 12.5. The maximum atomic E-state index is 12.5. The topological polar surface area (TPSA) is 95.9 Å². The van der Waals surface area contributed by atoms with Crippen molar-refractivity contribution >= 4 is 11.9 Å². The largest absolute Gasteiger partial charge is 0.466 e. The van der Waals surface area contributed by atoms with E-state index < -0.39 is 12.1 Å². The number of carbonyl (C=O) groups is 2. The van der Waals surface area contributed by atoms with Crippen LogP contribution >= 0.6 is 0 Å². The number of aliphatic hydroxyl groups excluding tert-OH is 2. The second-order valence-electron chi connectivity index (χ2n) is 22.8. The van der Waals surface area contributed by atoms with Crippen LogP contribution in [0, 0.1) is 0 Å². The molecule has 0 aliphatic rings. The summed E-state index contributed by atoms with van der Waals surface area (Å²) in [6.45, 7) is 4.85. The molecular formula is C69H129NO5. The molecule has 75 heavy (non-hydrogen) atoms. The van der Waals surface area contributed by atoms with E-state index in [1.165, 1.54) is 276 Å². The Kier molecular flexibility index (Phi) is 62.5. The van der Waals surface area contributed by atoms with Crippen molar-refractivity contribution in [3.8, 4) is 0 Å². The van der Waals surface area contributed by atoms with Gasteiger partial charge in [-0.15, -0.1) is 0 Å². The predicted octanol–water partition coefficient (Wildman–Crippen LogP) is 21.3. The van der Waals surface area contributed by atoms with Crippen LogP contribution in [0.2, 0.25) is 0 Å². The van der Waals surface area contributed by atoms with Gasteiger partial charge in [0.15, 0.2) is 0 Å². The van der Waals surface area contributed by atoms with Crippen molar-refractivity contribution in [2.75, 3.05) is 13.2 Å². The summed E-state index contributed by atoms with van der Waals surface area (Å²) in [5, 5.41) is 23.2. The minimum atomic E-state index is -0.845. The van der Waals surface area contributed by atoms with Crippen molar-refractivity contribution in [1.29, 1.82) is 0 Å². The van der Waals surface area contributed by atoms with Crippen LogP contribution in [0.15, 0.2) is 48.6 Å². The Labute approximate surface area is 467 Å². The van der Waals surface area contributed by atoms with Gasteiger partial charge in [0, 0.05) is 12.8 Å². The Hall–Kier alpha value is -2.18. The van der Waals surface area contributed by atoms with E-state index in [-0.39, 0.29) is 18.5 Å². The van der Waals surface area contributed by atoms with Crippen LogP contribution < -0.4 is 5.32 Å². The predicted molar refractivity (Wildman–Crippen MR) is 329 cm³/mol. The van der Waals surface area contributed by atoms with Crippen LogP contribution in [0.1, 0.15) is 354 Å². The van der Waals surface area contributed by atoms with Crippen molar-refractivity contribution in [3.63, 3.8) is 0 Å².